The Kier molecular flexibility index (Phi) is 5.99. The molecule has 2 aromatic carbocycles. The van der Waals surface area contributed by atoms with Gasteiger partial charge in [0.15, 0.2) is 0 Å². The lowest BCUT2D eigenvalue weighted by atomic mass is 10.2. The van der Waals surface area contributed by atoms with Gasteiger partial charge in [0.2, 0.25) is 11.8 Å². The lowest BCUT2D eigenvalue weighted by molar-refractivity contribution is -0.115. The smallest absolute Gasteiger partial charge is 0.338 e. The van der Waals surface area contributed by atoms with Crippen molar-refractivity contribution in [2.24, 2.45) is 0 Å². The Balaban J connectivity index is 1.56. The maximum absolute atomic E-state index is 12.2. The topological polar surface area (TPSA) is 81.4 Å². The fourth-order valence-electron chi connectivity index (χ4n) is 2.44. The molecule has 3 rings (SSSR count). The largest absolute Gasteiger partial charge is 0.462 e. The summed E-state index contributed by atoms with van der Waals surface area (Å²) in [6, 6.07) is 16.1. The molecule has 0 fully saturated rings. The summed E-state index contributed by atoms with van der Waals surface area (Å²) in [6.45, 7) is 2.32. The summed E-state index contributed by atoms with van der Waals surface area (Å²) in [7, 11) is 0. The number of carbonyl (C=O) groups is 2. The molecule has 0 bridgehead atoms. The highest BCUT2D eigenvalue weighted by atomic mass is 16.5. The maximum Gasteiger partial charge on any atom is 0.338 e. The van der Waals surface area contributed by atoms with Gasteiger partial charge in [-0.05, 0) is 42.8 Å². The molecule has 1 aromatic heterocycles. The van der Waals surface area contributed by atoms with E-state index in [0.29, 0.717) is 29.4 Å². The third-order valence-electron chi connectivity index (χ3n) is 3.76. The molecule has 27 heavy (non-hydrogen) atoms. The molecule has 0 aliphatic heterocycles. The van der Waals surface area contributed by atoms with Gasteiger partial charge < -0.3 is 14.5 Å². The fourth-order valence-corrected chi connectivity index (χ4v) is 2.44. The highest BCUT2D eigenvalue weighted by Gasteiger charge is 2.11. The van der Waals surface area contributed by atoms with E-state index in [9.17, 15) is 9.59 Å². The number of oxazole rings is 1. The zero-order chi connectivity index (χ0) is 19.1. The summed E-state index contributed by atoms with van der Waals surface area (Å²) >= 11 is 0. The van der Waals surface area contributed by atoms with Crippen LogP contribution < -0.4 is 5.32 Å². The molecule has 0 aliphatic rings. The summed E-state index contributed by atoms with van der Waals surface area (Å²) in [5, 5.41) is 2.78. The molecule has 138 valence electrons. The van der Waals surface area contributed by atoms with Gasteiger partial charge in [-0.3, -0.25) is 4.79 Å². The zero-order valence-corrected chi connectivity index (χ0v) is 15.0. The molecular weight excluding hydrogens is 344 g/mol. The number of ether oxygens (including phenoxy) is 1. The molecular formula is C21H20N2O4. The Morgan fingerprint density at radius 1 is 1.07 bits per heavy atom. The van der Waals surface area contributed by atoms with Crippen molar-refractivity contribution in [3.63, 3.8) is 0 Å². The Bertz CT molecular complexity index is 901. The van der Waals surface area contributed by atoms with Crippen LogP contribution in [0.3, 0.4) is 0 Å². The number of nitrogens with one attached hydrogen (secondary N) is 1. The first-order valence-corrected chi connectivity index (χ1v) is 8.72. The van der Waals surface area contributed by atoms with E-state index in [0.717, 1.165) is 12.0 Å². The molecule has 0 aliphatic carbocycles. The SMILES string of the molecule is CCCOC(=O)c1ccc(NC(=O)Cc2coc(-c3ccccc3)n2)cc1. The van der Waals surface area contributed by atoms with Crippen LogP contribution in [0.25, 0.3) is 11.5 Å². The molecule has 0 radical (unpaired) electrons. The van der Waals surface area contributed by atoms with Crippen molar-refractivity contribution >= 4 is 17.6 Å². The first-order chi connectivity index (χ1) is 13.2. The number of rotatable bonds is 7. The minimum Gasteiger partial charge on any atom is -0.462 e. The monoisotopic (exact) mass is 364 g/mol. The van der Waals surface area contributed by atoms with Crippen LogP contribution in [0.4, 0.5) is 5.69 Å². The average molecular weight is 364 g/mol. The number of nitrogens with zero attached hydrogens (tertiary/aromatic N) is 1. The first-order valence-electron chi connectivity index (χ1n) is 8.72. The molecule has 0 saturated carbocycles. The number of anilines is 1. The molecule has 3 aromatic rings. The molecule has 1 amide bonds. The number of carbonyl (C=O) groups excluding carboxylic acids is 2. The van der Waals surface area contributed by atoms with Crippen molar-refractivity contribution in [3.05, 3.63) is 72.1 Å². The minimum atomic E-state index is -0.370. The van der Waals surface area contributed by atoms with Crippen LogP contribution in [0.15, 0.2) is 65.3 Å². The molecule has 6 heteroatoms. The molecule has 6 nitrogen and oxygen atoms in total. The molecule has 0 spiro atoms. The molecule has 0 atom stereocenters. The average Bonchev–Trinajstić information content (AvgIpc) is 3.15. The van der Waals surface area contributed by atoms with Crippen LogP contribution in [-0.2, 0) is 16.0 Å². The van der Waals surface area contributed by atoms with E-state index in [1.54, 1.807) is 24.3 Å². The highest BCUT2D eigenvalue weighted by molar-refractivity contribution is 5.93. The van der Waals surface area contributed by atoms with Gasteiger partial charge >= 0.3 is 5.97 Å². The molecule has 1 N–H and O–H groups in total. The van der Waals surface area contributed by atoms with Crippen LogP contribution in [0.2, 0.25) is 0 Å². The number of esters is 1. The lowest BCUT2D eigenvalue weighted by Gasteiger charge is -2.06. The van der Waals surface area contributed by atoms with E-state index in [1.807, 2.05) is 37.3 Å². The minimum absolute atomic E-state index is 0.0939. The lowest BCUT2D eigenvalue weighted by Crippen LogP contribution is -2.14. The third kappa shape index (κ3) is 5.04. The number of benzene rings is 2. The van der Waals surface area contributed by atoms with Gasteiger partial charge in [-0.15, -0.1) is 0 Å². The normalized spacial score (nSPS) is 10.4. The third-order valence-corrected chi connectivity index (χ3v) is 3.76. The van der Waals surface area contributed by atoms with Crippen LogP contribution >= 0.6 is 0 Å². The number of aromatic nitrogens is 1. The van der Waals surface area contributed by atoms with E-state index in [1.165, 1.54) is 6.26 Å². The Morgan fingerprint density at radius 2 is 1.81 bits per heavy atom. The predicted molar refractivity (Wildman–Crippen MR) is 101 cm³/mol. The second-order valence-electron chi connectivity index (χ2n) is 5.95. The van der Waals surface area contributed by atoms with E-state index in [2.05, 4.69) is 10.3 Å². The Hall–Kier alpha value is -3.41. The standard InChI is InChI=1S/C21H20N2O4/c1-2-12-26-21(25)16-8-10-17(11-9-16)22-19(24)13-18-14-27-20(23-18)15-6-4-3-5-7-15/h3-11,14H,2,12-13H2,1H3,(H,22,24). The summed E-state index contributed by atoms with van der Waals surface area (Å²) in [5.41, 5.74) is 2.45. The van der Waals surface area contributed by atoms with Crippen LogP contribution in [0, 0.1) is 0 Å². The second-order valence-corrected chi connectivity index (χ2v) is 5.95. The van der Waals surface area contributed by atoms with Crippen molar-refractivity contribution in [1.82, 2.24) is 4.98 Å². The van der Waals surface area contributed by atoms with Crippen LogP contribution in [-0.4, -0.2) is 23.5 Å². The fraction of sp³-hybridized carbons (Fsp3) is 0.190. The molecule has 0 saturated heterocycles. The Morgan fingerprint density at radius 3 is 2.52 bits per heavy atom. The summed E-state index contributed by atoms with van der Waals surface area (Å²) < 4.78 is 10.5. The van der Waals surface area contributed by atoms with Gasteiger partial charge in [0.25, 0.3) is 0 Å². The van der Waals surface area contributed by atoms with Gasteiger partial charge in [0.05, 0.1) is 24.3 Å². The van der Waals surface area contributed by atoms with Crippen molar-refractivity contribution < 1.29 is 18.7 Å². The van der Waals surface area contributed by atoms with Gasteiger partial charge in [-0.25, -0.2) is 9.78 Å². The van der Waals surface area contributed by atoms with Gasteiger partial charge in [0.1, 0.15) is 6.26 Å². The second kappa shape index (κ2) is 8.80. The summed E-state index contributed by atoms with van der Waals surface area (Å²) in [5.74, 6) is -0.108. The summed E-state index contributed by atoms with van der Waals surface area (Å²) in [4.78, 5) is 28.3. The number of amides is 1. The van der Waals surface area contributed by atoms with Gasteiger partial charge in [-0.1, -0.05) is 25.1 Å². The predicted octanol–water partition coefficient (Wildman–Crippen LogP) is 4.09. The van der Waals surface area contributed by atoms with E-state index >= 15 is 0 Å². The van der Waals surface area contributed by atoms with Crippen LogP contribution in [0.5, 0.6) is 0 Å². The van der Waals surface area contributed by atoms with Gasteiger partial charge in [0, 0.05) is 11.3 Å². The first kappa shape index (κ1) is 18.4. The van der Waals surface area contributed by atoms with Crippen molar-refractivity contribution in [2.75, 3.05) is 11.9 Å². The number of hydrogen-bond acceptors (Lipinski definition) is 5. The molecule has 0 unspecified atom stereocenters. The Labute approximate surface area is 157 Å². The highest BCUT2D eigenvalue weighted by Crippen LogP contribution is 2.18. The quantitative estimate of drug-likeness (QED) is 0.639. The molecule has 1 heterocycles. The zero-order valence-electron chi connectivity index (χ0n) is 15.0. The van der Waals surface area contributed by atoms with E-state index < -0.39 is 0 Å². The van der Waals surface area contributed by atoms with E-state index in [4.69, 9.17) is 9.15 Å². The van der Waals surface area contributed by atoms with Crippen molar-refractivity contribution in [3.8, 4) is 11.5 Å². The van der Waals surface area contributed by atoms with Crippen molar-refractivity contribution in [2.45, 2.75) is 19.8 Å². The summed E-state index contributed by atoms with van der Waals surface area (Å²) in [6.07, 6.45) is 2.35. The number of hydrogen-bond donors (Lipinski definition) is 1. The van der Waals surface area contributed by atoms with Crippen LogP contribution in [0.1, 0.15) is 29.4 Å². The van der Waals surface area contributed by atoms with Crippen molar-refractivity contribution in [1.29, 1.82) is 0 Å². The van der Waals surface area contributed by atoms with E-state index in [-0.39, 0.29) is 18.3 Å². The maximum atomic E-state index is 12.2. The van der Waals surface area contributed by atoms with Gasteiger partial charge in [-0.2, -0.15) is 0 Å².